The normalized spacial score (nSPS) is 12.8. The van der Waals surface area contributed by atoms with Gasteiger partial charge in [-0.3, -0.25) is 4.79 Å². The lowest BCUT2D eigenvalue weighted by atomic mass is 9.85. The number of amides is 1. The molecule has 0 aliphatic carbocycles. The molecule has 0 spiro atoms. The van der Waals surface area contributed by atoms with Crippen LogP contribution >= 0.6 is 23.2 Å². The standard InChI is InChI=1S/C29H27Cl2FN2O3/c1-17-8-13-24(32)25(26(17)31)27(35)37-29(3,4)28(36)34-18(2)23(15-19-9-11-22(30)12-10-19)21-7-5-6-20(14-21)16-33/h5-14,18,23H,15H2,1-4H3,(H,34,36). The van der Waals surface area contributed by atoms with Gasteiger partial charge in [-0.25, -0.2) is 9.18 Å². The zero-order valence-corrected chi connectivity index (χ0v) is 22.5. The zero-order valence-electron chi connectivity index (χ0n) is 20.9. The fourth-order valence-corrected chi connectivity index (χ4v) is 4.31. The minimum absolute atomic E-state index is 0.0602. The summed E-state index contributed by atoms with van der Waals surface area (Å²) < 4.78 is 19.8. The lowest BCUT2D eigenvalue weighted by molar-refractivity contribution is -0.138. The van der Waals surface area contributed by atoms with Gasteiger partial charge in [-0.1, -0.05) is 53.5 Å². The van der Waals surface area contributed by atoms with Gasteiger partial charge in [0.25, 0.3) is 5.91 Å². The average molecular weight is 541 g/mol. The molecule has 0 fully saturated rings. The molecular weight excluding hydrogens is 514 g/mol. The molecule has 0 aliphatic rings. The largest absolute Gasteiger partial charge is 0.446 e. The van der Waals surface area contributed by atoms with Crippen molar-refractivity contribution < 1.29 is 18.7 Å². The van der Waals surface area contributed by atoms with E-state index in [1.807, 2.05) is 25.1 Å². The minimum atomic E-state index is -1.62. The third-order valence-corrected chi connectivity index (χ3v) is 6.90. The van der Waals surface area contributed by atoms with Crippen LogP contribution in [0.1, 0.15) is 59.3 Å². The lowest BCUT2D eigenvalue weighted by Gasteiger charge is -2.30. The van der Waals surface area contributed by atoms with Gasteiger partial charge in [0.2, 0.25) is 0 Å². The number of benzene rings is 3. The minimum Gasteiger partial charge on any atom is -0.446 e. The van der Waals surface area contributed by atoms with Crippen LogP contribution in [-0.4, -0.2) is 23.5 Å². The highest BCUT2D eigenvalue weighted by atomic mass is 35.5. The quantitative estimate of drug-likeness (QED) is 0.319. The molecule has 3 aromatic carbocycles. The van der Waals surface area contributed by atoms with E-state index in [4.69, 9.17) is 27.9 Å². The van der Waals surface area contributed by atoms with Gasteiger partial charge >= 0.3 is 5.97 Å². The van der Waals surface area contributed by atoms with E-state index in [9.17, 15) is 19.2 Å². The van der Waals surface area contributed by atoms with Crippen molar-refractivity contribution in [2.75, 3.05) is 0 Å². The van der Waals surface area contributed by atoms with E-state index in [2.05, 4.69) is 11.4 Å². The van der Waals surface area contributed by atoms with E-state index in [-0.39, 0.29) is 10.9 Å². The number of rotatable bonds is 8. The molecule has 0 bridgehead atoms. The average Bonchev–Trinajstić information content (AvgIpc) is 2.85. The highest BCUT2D eigenvalue weighted by Gasteiger charge is 2.36. The van der Waals surface area contributed by atoms with E-state index >= 15 is 0 Å². The Morgan fingerprint density at radius 1 is 1.11 bits per heavy atom. The summed E-state index contributed by atoms with van der Waals surface area (Å²) in [6, 6.07) is 18.9. The molecule has 0 heterocycles. The summed E-state index contributed by atoms with van der Waals surface area (Å²) >= 11 is 12.2. The molecule has 0 saturated carbocycles. The molecular formula is C29H27Cl2FN2O3. The van der Waals surface area contributed by atoms with Gasteiger partial charge in [0.05, 0.1) is 16.7 Å². The Morgan fingerprint density at radius 2 is 1.78 bits per heavy atom. The van der Waals surface area contributed by atoms with Crippen molar-refractivity contribution >= 4 is 35.1 Å². The second-order valence-corrected chi connectivity index (χ2v) is 10.2. The summed E-state index contributed by atoms with van der Waals surface area (Å²) in [4.78, 5) is 26.0. The molecule has 3 aromatic rings. The lowest BCUT2D eigenvalue weighted by Crippen LogP contribution is -2.50. The van der Waals surface area contributed by atoms with Gasteiger partial charge < -0.3 is 10.1 Å². The number of hydrogen-bond donors (Lipinski definition) is 1. The van der Waals surface area contributed by atoms with Gasteiger partial charge in [0.1, 0.15) is 11.4 Å². The Morgan fingerprint density at radius 3 is 2.43 bits per heavy atom. The van der Waals surface area contributed by atoms with Crippen molar-refractivity contribution in [1.29, 1.82) is 5.26 Å². The number of hydrogen-bond acceptors (Lipinski definition) is 4. The second kappa shape index (κ2) is 11.8. The molecule has 2 atom stereocenters. The van der Waals surface area contributed by atoms with Crippen molar-refractivity contribution in [2.45, 2.75) is 51.7 Å². The SMILES string of the molecule is Cc1ccc(F)c(C(=O)OC(C)(C)C(=O)NC(C)C(Cc2ccc(Cl)cc2)c2cccc(C#N)c2)c1Cl. The maximum Gasteiger partial charge on any atom is 0.343 e. The number of nitrogens with zero attached hydrogens (tertiary/aromatic N) is 1. The number of nitriles is 1. The molecule has 0 aliphatic heterocycles. The van der Waals surface area contributed by atoms with Gasteiger partial charge in [-0.2, -0.15) is 5.26 Å². The second-order valence-electron chi connectivity index (χ2n) is 9.39. The van der Waals surface area contributed by atoms with E-state index in [0.717, 1.165) is 17.2 Å². The van der Waals surface area contributed by atoms with Crippen LogP contribution in [0.15, 0.2) is 60.7 Å². The van der Waals surface area contributed by atoms with Crippen molar-refractivity contribution in [1.82, 2.24) is 5.32 Å². The summed E-state index contributed by atoms with van der Waals surface area (Å²) in [5.41, 5.74) is 0.839. The number of nitrogens with one attached hydrogen (secondary N) is 1. The van der Waals surface area contributed by atoms with Crippen LogP contribution in [0, 0.1) is 24.1 Å². The summed E-state index contributed by atoms with van der Waals surface area (Å²) in [5.74, 6) is -2.63. The van der Waals surface area contributed by atoms with Crippen molar-refractivity contribution in [3.05, 3.63) is 104 Å². The highest BCUT2D eigenvalue weighted by Crippen LogP contribution is 2.28. The fourth-order valence-electron chi connectivity index (χ4n) is 3.95. The first kappa shape index (κ1) is 28.2. The highest BCUT2D eigenvalue weighted by molar-refractivity contribution is 6.34. The molecule has 0 aromatic heterocycles. The smallest absolute Gasteiger partial charge is 0.343 e. The van der Waals surface area contributed by atoms with Crippen molar-refractivity contribution in [3.63, 3.8) is 0 Å². The van der Waals surface area contributed by atoms with Crippen LogP contribution in [-0.2, 0) is 16.0 Å². The number of ether oxygens (including phenoxy) is 1. The predicted octanol–water partition coefficient (Wildman–Crippen LogP) is 6.78. The Hall–Kier alpha value is -3.40. The molecule has 37 heavy (non-hydrogen) atoms. The van der Waals surface area contributed by atoms with Gasteiger partial charge in [0, 0.05) is 17.0 Å². The number of halogens is 3. The topological polar surface area (TPSA) is 79.2 Å². The Kier molecular flexibility index (Phi) is 8.96. The zero-order chi connectivity index (χ0) is 27.3. The third kappa shape index (κ3) is 6.88. The number of carbonyl (C=O) groups is 2. The molecule has 8 heteroatoms. The predicted molar refractivity (Wildman–Crippen MR) is 142 cm³/mol. The Balaban J connectivity index is 1.83. The number of carbonyl (C=O) groups excluding carboxylic acids is 2. The molecule has 1 amide bonds. The molecule has 0 saturated heterocycles. The van der Waals surface area contributed by atoms with Crippen molar-refractivity contribution in [2.24, 2.45) is 0 Å². The summed E-state index contributed by atoms with van der Waals surface area (Å²) in [7, 11) is 0. The Bertz CT molecular complexity index is 1350. The third-order valence-electron chi connectivity index (χ3n) is 6.16. The van der Waals surface area contributed by atoms with Crippen LogP contribution < -0.4 is 5.32 Å². The molecule has 2 unspecified atom stereocenters. The van der Waals surface area contributed by atoms with E-state index in [0.29, 0.717) is 22.6 Å². The molecule has 5 nitrogen and oxygen atoms in total. The number of aryl methyl sites for hydroxylation is 1. The van der Waals surface area contributed by atoms with Crippen LogP contribution in [0.3, 0.4) is 0 Å². The monoisotopic (exact) mass is 540 g/mol. The van der Waals surface area contributed by atoms with Crippen LogP contribution in [0.25, 0.3) is 0 Å². The van der Waals surface area contributed by atoms with Gasteiger partial charge in [-0.05, 0) is 81.1 Å². The summed E-state index contributed by atoms with van der Waals surface area (Å²) in [6.45, 7) is 6.34. The first-order valence-corrected chi connectivity index (χ1v) is 12.4. The fraction of sp³-hybridized carbons (Fsp3) is 0.276. The summed E-state index contributed by atoms with van der Waals surface area (Å²) in [5, 5.41) is 12.9. The van der Waals surface area contributed by atoms with Crippen LogP contribution in [0.4, 0.5) is 4.39 Å². The molecule has 3 rings (SSSR count). The molecule has 1 N–H and O–H groups in total. The maximum atomic E-state index is 14.3. The van der Waals surface area contributed by atoms with E-state index in [1.54, 1.807) is 37.3 Å². The Labute approximate surface area is 226 Å². The van der Waals surface area contributed by atoms with Crippen molar-refractivity contribution in [3.8, 4) is 6.07 Å². The first-order chi connectivity index (χ1) is 17.4. The van der Waals surface area contributed by atoms with Crippen LogP contribution in [0.5, 0.6) is 0 Å². The molecule has 192 valence electrons. The van der Waals surface area contributed by atoms with Gasteiger partial charge in [-0.15, -0.1) is 0 Å². The van der Waals surface area contributed by atoms with Crippen LogP contribution in [0.2, 0.25) is 10.0 Å². The molecule has 0 radical (unpaired) electrons. The van der Waals surface area contributed by atoms with E-state index in [1.165, 1.54) is 19.9 Å². The first-order valence-electron chi connectivity index (χ1n) is 11.7. The van der Waals surface area contributed by atoms with E-state index < -0.39 is 34.9 Å². The number of esters is 1. The summed E-state index contributed by atoms with van der Waals surface area (Å²) in [6.07, 6.45) is 0.553. The maximum absolute atomic E-state index is 14.3. The van der Waals surface area contributed by atoms with Gasteiger partial charge in [0.15, 0.2) is 5.60 Å².